The summed E-state index contributed by atoms with van der Waals surface area (Å²) in [4.78, 5) is 5.73. The molecule has 80 valence electrons. The lowest BCUT2D eigenvalue weighted by Crippen LogP contribution is -2.31. The number of hydrogen-bond acceptors (Lipinski definition) is 3. The highest BCUT2D eigenvalue weighted by atomic mass is 32.1. The van der Waals surface area contributed by atoms with E-state index in [1.807, 2.05) is 6.20 Å². The topological polar surface area (TPSA) is 24.9 Å². The largest absolute Gasteiger partial charge is 0.305 e. The summed E-state index contributed by atoms with van der Waals surface area (Å²) in [6.07, 6.45) is 1.96. The fourth-order valence-electron chi connectivity index (χ4n) is 1.42. The van der Waals surface area contributed by atoms with Gasteiger partial charge in [0.2, 0.25) is 0 Å². The van der Waals surface area contributed by atoms with Crippen LogP contribution in [0.4, 0.5) is 0 Å². The van der Waals surface area contributed by atoms with Crippen molar-refractivity contribution in [2.45, 2.75) is 46.7 Å². The van der Waals surface area contributed by atoms with Gasteiger partial charge < -0.3 is 5.32 Å². The van der Waals surface area contributed by atoms with Gasteiger partial charge in [-0.15, -0.1) is 11.3 Å². The van der Waals surface area contributed by atoms with Crippen LogP contribution in [0.15, 0.2) is 6.20 Å². The van der Waals surface area contributed by atoms with E-state index in [1.54, 1.807) is 11.3 Å². The molecule has 1 rings (SSSR count). The first-order chi connectivity index (χ1) is 6.50. The molecule has 1 atom stereocenters. The Hall–Kier alpha value is -0.410. The van der Waals surface area contributed by atoms with Crippen LogP contribution in [0.5, 0.6) is 0 Å². The average molecular weight is 212 g/mol. The molecule has 0 aliphatic rings. The molecule has 0 fully saturated rings. The summed E-state index contributed by atoms with van der Waals surface area (Å²) in [6.45, 7) is 10.9. The van der Waals surface area contributed by atoms with Crippen LogP contribution in [0.3, 0.4) is 0 Å². The second-order valence-corrected chi connectivity index (χ2v) is 5.62. The minimum atomic E-state index is 0.397. The quantitative estimate of drug-likeness (QED) is 0.829. The summed E-state index contributed by atoms with van der Waals surface area (Å²) in [5, 5.41) is 4.77. The van der Waals surface area contributed by atoms with E-state index in [0.29, 0.717) is 18.0 Å². The van der Waals surface area contributed by atoms with Gasteiger partial charge in [-0.1, -0.05) is 27.7 Å². The predicted octanol–water partition coefficient (Wildman–Crippen LogP) is 3.15. The number of rotatable bonds is 4. The maximum atomic E-state index is 4.45. The second-order valence-electron chi connectivity index (χ2n) is 4.35. The van der Waals surface area contributed by atoms with E-state index in [2.05, 4.69) is 44.9 Å². The zero-order valence-corrected chi connectivity index (χ0v) is 10.5. The standard InChI is InChI=1S/C11H20N2S/c1-7(2)10(13-8(3)4)11-12-6-9(5)14-11/h6-8,10,13H,1-5H3. The molecule has 2 nitrogen and oxygen atoms in total. The maximum Gasteiger partial charge on any atom is 0.110 e. The summed E-state index contributed by atoms with van der Waals surface area (Å²) >= 11 is 1.79. The summed E-state index contributed by atoms with van der Waals surface area (Å²) in [5.74, 6) is 0.586. The fraction of sp³-hybridized carbons (Fsp3) is 0.727. The number of hydrogen-bond donors (Lipinski definition) is 1. The minimum Gasteiger partial charge on any atom is -0.305 e. The van der Waals surface area contributed by atoms with Crippen molar-refractivity contribution < 1.29 is 0 Å². The zero-order chi connectivity index (χ0) is 10.7. The number of aryl methyl sites for hydroxylation is 1. The molecule has 1 aromatic heterocycles. The van der Waals surface area contributed by atoms with Gasteiger partial charge in [0.15, 0.2) is 0 Å². The molecule has 0 aromatic carbocycles. The molecule has 0 saturated heterocycles. The van der Waals surface area contributed by atoms with E-state index in [-0.39, 0.29) is 0 Å². The molecular formula is C11H20N2S. The minimum absolute atomic E-state index is 0.397. The Morgan fingerprint density at radius 3 is 2.29 bits per heavy atom. The molecule has 0 aliphatic heterocycles. The average Bonchev–Trinajstić information content (AvgIpc) is 2.46. The van der Waals surface area contributed by atoms with E-state index >= 15 is 0 Å². The smallest absolute Gasteiger partial charge is 0.110 e. The van der Waals surface area contributed by atoms with Crippen LogP contribution in [0.25, 0.3) is 0 Å². The van der Waals surface area contributed by atoms with Gasteiger partial charge in [-0.05, 0) is 12.8 Å². The van der Waals surface area contributed by atoms with E-state index in [1.165, 1.54) is 9.88 Å². The third kappa shape index (κ3) is 3.07. The lowest BCUT2D eigenvalue weighted by atomic mass is 10.0. The van der Waals surface area contributed by atoms with E-state index in [9.17, 15) is 0 Å². The van der Waals surface area contributed by atoms with Crippen molar-refractivity contribution in [3.63, 3.8) is 0 Å². The van der Waals surface area contributed by atoms with Crippen molar-refractivity contribution in [3.8, 4) is 0 Å². The first-order valence-electron chi connectivity index (χ1n) is 5.19. The van der Waals surface area contributed by atoms with Gasteiger partial charge in [-0.25, -0.2) is 4.98 Å². The third-order valence-electron chi connectivity index (χ3n) is 2.08. The maximum absolute atomic E-state index is 4.45. The zero-order valence-electron chi connectivity index (χ0n) is 9.66. The molecule has 3 heteroatoms. The van der Waals surface area contributed by atoms with Crippen LogP contribution in [0.2, 0.25) is 0 Å². The van der Waals surface area contributed by atoms with Gasteiger partial charge >= 0.3 is 0 Å². The van der Waals surface area contributed by atoms with E-state index in [0.717, 1.165) is 0 Å². The Balaban J connectivity index is 2.77. The monoisotopic (exact) mass is 212 g/mol. The van der Waals surface area contributed by atoms with E-state index < -0.39 is 0 Å². The molecular weight excluding hydrogens is 192 g/mol. The third-order valence-corrected chi connectivity index (χ3v) is 3.08. The van der Waals surface area contributed by atoms with Gasteiger partial charge in [0, 0.05) is 17.1 Å². The van der Waals surface area contributed by atoms with Gasteiger partial charge in [0.05, 0.1) is 6.04 Å². The first-order valence-corrected chi connectivity index (χ1v) is 6.00. The fourth-order valence-corrected chi connectivity index (χ4v) is 2.43. The summed E-state index contributed by atoms with van der Waals surface area (Å²) in [7, 11) is 0. The predicted molar refractivity (Wildman–Crippen MR) is 62.7 cm³/mol. The Morgan fingerprint density at radius 2 is 1.93 bits per heavy atom. The van der Waals surface area contributed by atoms with Crippen LogP contribution in [-0.4, -0.2) is 11.0 Å². The molecule has 1 aromatic rings. The van der Waals surface area contributed by atoms with Crippen LogP contribution >= 0.6 is 11.3 Å². The van der Waals surface area contributed by atoms with Crippen molar-refractivity contribution in [1.29, 1.82) is 0 Å². The van der Waals surface area contributed by atoms with Gasteiger partial charge in [0.25, 0.3) is 0 Å². The summed E-state index contributed by atoms with van der Waals surface area (Å²) < 4.78 is 0. The van der Waals surface area contributed by atoms with Crippen molar-refractivity contribution in [2.75, 3.05) is 0 Å². The lowest BCUT2D eigenvalue weighted by molar-refractivity contribution is 0.380. The van der Waals surface area contributed by atoms with Gasteiger partial charge in [-0.3, -0.25) is 0 Å². The SMILES string of the molecule is Cc1cnc(C(NC(C)C)C(C)C)s1. The summed E-state index contributed by atoms with van der Waals surface area (Å²) in [5.41, 5.74) is 0. The highest BCUT2D eigenvalue weighted by molar-refractivity contribution is 7.11. The Kier molecular flexibility index (Phi) is 4.08. The summed E-state index contributed by atoms with van der Waals surface area (Å²) in [6, 6.07) is 0.903. The molecule has 14 heavy (non-hydrogen) atoms. The second kappa shape index (κ2) is 4.89. The Labute approximate surface area is 90.8 Å². The normalized spacial score (nSPS) is 13.9. The highest BCUT2D eigenvalue weighted by Crippen LogP contribution is 2.25. The lowest BCUT2D eigenvalue weighted by Gasteiger charge is -2.22. The molecule has 1 heterocycles. The van der Waals surface area contributed by atoms with Crippen LogP contribution < -0.4 is 5.32 Å². The molecule has 0 radical (unpaired) electrons. The van der Waals surface area contributed by atoms with Crippen molar-refractivity contribution in [2.24, 2.45) is 5.92 Å². The molecule has 0 saturated carbocycles. The molecule has 1 unspecified atom stereocenters. The number of nitrogens with one attached hydrogen (secondary N) is 1. The van der Waals surface area contributed by atoms with Crippen molar-refractivity contribution in [3.05, 3.63) is 16.1 Å². The van der Waals surface area contributed by atoms with E-state index in [4.69, 9.17) is 0 Å². The van der Waals surface area contributed by atoms with Gasteiger partial charge in [-0.2, -0.15) is 0 Å². The first kappa shape index (κ1) is 11.7. The molecule has 0 bridgehead atoms. The highest BCUT2D eigenvalue weighted by Gasteiger charge is 2.19. The molecule has 0 spiro atoms. The molecule has 1 N–H and O–H groups in total. The van der Waals surface area contributed by atoms with Gasteiger partial charge in [0.1, 0.15) is 5.01 Å². The Morgan fingerprint density at radius 1 is 1.29 bits per heavy atom. The van der Waals surface area contributed by atoms with Crippen LogP contribution in [0, 0.1) is 12.8 Å². The molecule has 0 amide bonds. The van der Waals surface area contributed by atoms with Crippen LogP contribution in [-0.2, 0) is 0 Å². The number of aromatic nitrogens is 1. The van der Waals surface area contributed by atoms with Crippen molar-refractivity contribution in [1.82, 2.24) is 10.3 Å². The van der Waals surface area contributed by atoms with Crippen molar-refractivity contribution >= 4 is 11.3 Å². The molecule has 0 aliphatic carbocycles. The Bertz CT molecular complexity index is 279. The number of nitrogens with zero attached hydrogens (tertiary/aromatic N) is 1. The number of thiazole rings is 1. The van der Waals surface area contributed by atoms with Crippen LogP contribution in [0.1, 0.15) is 43.6 Å².